The van der Waals surface area contributed by atoms with Gasteiger partial charge in [-0.25, -0.2) is 0 Å². The fourth-order valence-electron chi connectivity index (χ4n) is 2.17. The van der Waals surface area contributed by atoms with Gasteiger partial charge < -0.3 is 15.1 Å². The molecule has 120 valence electrons. The highest BCUT2D eigenvalue weighted by atomic mass is 16.6. The summed E-state index contributed by atoms with van der Waals surface area (Å²) in [5.41, 5.74) is 0.133. The van der Waals surface area contributed by atoms with Gasteiger partial charge in [-0.15, -0.1) is 0 Å². The molecule has 0 saturated carbocycles. The van der Waals surface area contributed by atoms with Gasteiger partial charge in [-0.05, 0) is 13.1 Å². The van der Waals surface area contributed by atoms with E-state index in [4.69, 9.17) is 0 Å². The number of amides is 1. The van der Waals surface area contributed by atoms with Crippen molar-refractivity contribution < 1.29 is 9.72 Å². The summed E-state index contributed by atoms with van der Waals surface area (Å²) in [6, 6.07) is 7.48. The molecule has 0 unspecified atom stereocenters. The maximum absolute atomic E-state index is 12.2. The molecule has 8 nitrogen and oxygen atoms in total. The summed E-state index contributed by atoms with van der Waals surface area (Å²) in [5, 5.41) is 22.4. The number of nitrogens with zero attached hydrogens (tertiary/aromatic N) is 4. The molecule has 1 aromatic rings. The molecule has 0 atom stereocenters. The number of anilines is 1. The summed E-state index contributed by atoms with van der Waals surface area (Å²) in [5.74, 6) is -0.577. The van der Waals surface area contributed by atoms with Crippen LogP contribution in [0.1, 0.15) is 0 Å². The van der Waals surface area contributed by atoms with Crippen molar-refractivity contribution in [1.82, 2.24) is 9.80 Å². The number of rotatable bonds is 4. The van der Waals surface area contributed by atoms with Gasteiger partial charge in [-0.1, -0.05) is 6.07 Å². The van der Waals surface area contributed by atoms with Gasteiger partial charge >= 0.3 is 0 Å². The van der Waals surface area contributed by atoms with Crippen LogP contribution in [-0.2, 0) is 4.79 Å². The van der Waals surface area contributed by atoms with Crippen molar-refractivity contribution in [2.75, 3.05) is 38.5 Å². The molecule has 8 heteroatoms. The lowest BCUT2D eigenvalue weighted by molar-refractivity contribution is -0.384. The molecule has 1 saturated heterocycles. The van der Waals surface area contributed by atoms with E-state index in [0.717, 1.165) is 26.2 Å². The Kier molecular flexibility index (Phi) is 5.28. The Hall–Kier alpha value is -2.92. The number of nitrogens with one attached hydrogen (secondary N) is 1. The lowest BCUT2D eigenvalue weighted by Crippen LogP contribution is -2.42. The SMILES string of the molecule is CN1CCN(/C=C(/C#N)C(=O)Nc2cccc([N+](=O)[O-])c2)CC1. The normalized spacial score (nSPS) is 15.8. The van der Waals surface area contributed by atoms with Crippen molar-refractivity contribution in [3.05, 3.63) is 46.2 Å². The van der Waals surface area contributed by atoms with Crippen LogP contribution in [0.15, 0.2) is 36.0 Å². The standard InChI is InChI=1S/C15H17N5O3/c1-18-5-7-19(8-6-18)11-12(10-16)15(21)17-13-3-2-4-14(9-13)20(22)23/h2-4,9,11H,5-8H2,1H3,(H,17,21)/b12-11-. The Morgan fingerprint density at radius 3 is 2.70 bits per heavy atom. The largest absolute Gasteiger partial charge is 0.374 e. The van der Waals surface area contributed by atoms with E-state index in [1.807, 2.05) is 18.0 Å². The van der Waals surface area contributed by atoms with Gasteiger partial charge in [0.25, 0.3) is 11.6 Å². The summed E-state index contributed by atoms with van der Waals surface area (Å²) < 4.78 is 0. The van der Waals surface area contributed by atoms with Crippen molar-refractivity contribution in [3.63, 3.8) is 0 Å². The molecule has 0 bridgehead atoms. The number of hydrogen-bond donors (Lipinski definition) is 1. The third-order valence-electron chi connectivity index (χ3n) is 3.53. The van der Waals surface area contributed by atoms with Crippen LogP contribution in [0.2, 0.25) is 0 Å². The molecule has 0 aromatic heterocycles. The Bertz CT molecular complexity index is 672. The number of carbonyl (C=O) groups is 1. The van der Waals surface area contributed by atoms with Crippen molar-refractivity contribution in [1.29, 1.82) is 5.26 Å². The highest BCUT2D eigenvalue weighted by Crippen LogP contribution is 2.17. The lowest BCUT2D eigenvalue weighted by atomic mass is 10.2. The number of hydrogen-bond acceptors (Lipinski definition) is 6. The zero-order chi connectivity index (χ0) is 16.8. The molecule has 2 rings (SSSR count). The highest BCUT2D eigenvalue weighted by Gasteiger charge is 2.16. The van der Waals surface area contributed by atoms with E-state index in [1.165, 1.54) is 24.3 Å². The monoisotopic (exact) mass is 315 g/mol. The molecular formula is C15H17N5O3. The predicted octanol–water partition coefficient (Wildman–Crippen LogP) is 1.19. The van der Waals surface area contributed by atoms with Gasteiger partial charge in [-0.3, -0.25) is 14.9 Å². The second-order valence-corrected chi connectivity index (χ2v) is 5.26. The van der Waals surface area contributed by atoms with E-state index in [0.29, 0.717) is 0 Å². The van der Waals surface area contributed by atoms with Crippen LogP contribution in [0.4, 0.5) is 11.4 Å². The van der Waals surface area contributed by atoms with Crippen LogP contribution in [0.3, 0.4) is 0 Å². The van der Waals surface area contributed by atoms with E-state index in [-0.39, 0.29) is 16.9 Å². The van der Waals surface area contributed by atoms with Gasteiger partial charge in [0, 0.05) is 50.2 Å². The zero-order valence-corrected chi connectivity index (χ0v) is 12.7. The number of carbonyl (C=O) groups excluding carboxylic acids is 1. The molecule has 0 radical (unpaired) electrons. The maximum atomic E-state index is 12.2. The van der Waals surface area contributed by atoms with E-state index in [9.17, 15) is 20.2 Å². The number of benzene rings is 1. The van der Waals surface area contributed by atoms with Gasteiger partial charge in [-0.2, -0.15) is 5.26 Å². The molecule has 1 fully saturated rings. The predicted molar refractivity (Wildman–Crippen MR) is 84.5 cm³/mol. The first-order valence-electron chi connectivity index (χ1n) is 7.10. The average molecular weight is 315 g/mol. The van der Waals surface area contributed by atoms with Crippen LogP contribution in [0.25, 0.3) is 0 Å². The summed E-state index contributed by atoms with van der Waals surface area (Å²) in [4.78, 5) is 26.4. The molecule has 1 aromatic carbocycles. The number of likely N-dealkylation sites (N-methyl/N-ethyl adjacent to an activating group) is 1. The third-order valence-corrected chi connectivity index (χ3v) is 3.53. The quantitative estimate of drug-likeness (QED) is 0.387. The van der Waals surface area contributed by atoms with Crippen molar-refractivity contribution in [2.45, 2.75) is 0 Å². The summed E-state index contributed by atoms with van der Waals surface area (Å²) in [7, 11) is 2.02. The van der Waals surface area contributed by atoms with Gasteiger partial charge in [0.2, 0.25) is 0 Å². The average Bonchev–Trinajstić information content (AvgIpc) is 2.54. The zero-order valence-electron chi connectivity index (χ0n) is 12.7. The van der Waals surface area contributed by atoms with Crippen molar-refractivity contribution >= 4 is 17.3 Å². The second kappa shape index (κ2) is 7.38. The Labute approximate surface area is 133 Å². The number of non-ortho nitro benzene ring substituents is 1. The van der Waals surface area contributed by atoms with Gasteiger partial charge in [0.1, 0.15) is 11.6 Å². The summed E-state index contributed by atoms with van der Waals surface area (Å²) >= 11 is 0. The third kappa shape index (κ3) is 4.52. The molecule has 1 heterocycles. The minimum Gasteiger partial charge on any atom is -0.374 e. The number of piperazine rings is 1. The summed E-state index contributed by atoms with van der Waals surface area (Å²) in [6.07, 6.45) is 1.54. The molecule has 1 aliphatic heterocycles. The van der Waals surface area contributed by atoms with Crippen LogP contribution >= 0.6 is 0 Å². The Balaban J connectivity index is 2.07. The molecule has 1 aliphatic rings. The molecule has 1 amide bonds. The Morgan fingerprint density at radius 1 is 1.39 bits per heavy atom. The molecular weight excluding hydrogens is 298 g/mol. The minimum absolute atomic E-state index is 0.0268. The highest BCUT2D eigenvalue weighted by molar-refractivity contribution is 6.06. The van der Waals surface area contributed by atoms with Crippen molar-refractivity contribution in [2.24, 2.45) is 0 Å². The lowest BCUT2D eigenvalue weighted by Gasteiger charge is -2.31. The topological polar surface area (TPSA) is 103 Å². The second-order valence-electron chi connectivity index (χ2n) is 5.26. The van der Waals surface area contributed by atoms with E-state index in [2.05, 4.69) is 10.2 Å². The van der Waals surface area contributed by atoms with Gasteiger partial charge in [0.15, 0.2) is 0 Å². The molecule has 0 aliphatic carbocycles. The first-order chi connectivity index (χ1) is 11.0. The first kappa shape index (κ1) is 16.5. The van der Waals surface area contributed by atoms with E-state index in [1.54, 1.807) is 6.20 Å². The maximum Gasteiger partial charge on any atom is 0.271 e. The fraction of sp³-hybridized carbons (Fsp3) is 0.333. The van der Waals surface area contributed by atoms with Crippen molar-refractivity contribution in [3.8, 4) is 6.07 Å². The van der Waals surface area contributed by atoms with Gasteiger partial charge in [0.05, 0.1) is 4.92 Å². The van der Waals surface area contributed by atoms with Crippen LogP contribution < -0.4 is 5.32 Å². The van der Waals surface area contributed by atoms with Crippen LogP contribution in [0.5, 0.6) is 0 Å². The molecule has 1 N–H and O–H groups in total. The van der Waals surface area contributed by atoms with E-state index < -0.39 is 10.8 Å². The Morgan fingerprint density at radius 2 is 2.09 bits per heavy atom. The number of nitro benzene ring substituents is 1. The number of nitriles is 1. The van der Waals surface area contributed by atoms with Crippen LogP contribution in [-0.4, -0.2) is 53.9 Å². The first-order valence-corrected chi connectivity index (χ1v) is 7.10. The molecule has 23 heavy (non-hydrogen) atoms. The van der Waals surface area contributed by atoms with Crippen LogP contribution in [0, 0.1) is 21.4 Å². The number of nitro groups is 1. The minimum atomic E-state index is -0.577. The smallest absolute Gasteiger partial charge is 0.271 e. The summed E-state index contributed by atoms with van der Waals surface area (Å²) in [6.45, 7) is 3.21. The van der Waals surface area contributed by atoms with E-state index >= 15 is 0 Å². The molecule has 0 spiro atoms. The fourth-order valence-corrected chi connectivity index (χ4v) is 2.17.